The summed E-state index contributed by atoms with van der Waals surface area (Å²) in [4.78, 5) is 16.2. The van der Waals surface area contributed by atoms with Crippen molar-refractivity contribution in [3.05, 3.63) is 65.7 Å². The number of carbonyl (C=O) groups is 1. The van der Waals surface area contributed by atoms with Crippen LogP contribution in [0.4, 0.5) is 0 Å². The summed E-state index contributed by atoms with van der Waals surface area (Å²) in [5.74, 6) is 0.696. The molecule has 0 fully saturated rings. The van der Waals surface area contributed by atoms with E-state index in [4.69, 9.17) is 4.74 Å². The lowest BCUT2D eigenvalue weighted by molar-refractivity contribution is 0.0928. The average molecular weight is 334 g/mol. The molecule has 1 aliphatic heterocycles. The summed E-state index contributed by atoms with van der Waals surface area (Å²) in [5.41, 5.74) is 4.53. The largest absolute Gasteiger partial charge is 0.487 e. The first-order chi connectivity index (χ1) is 12.2. The number of pyridine rings is 1. The van der Waals surface area contributed by atoms with Crippen LogP contribution in [-0.4, -0.2) is 33.7 Å². The lowest BCUT2D eigenvalue weighted by atomic mass is 10.0. The van der Waals surface area contributed by atoms with E-state index in [0.717, 1.165) is 34.6 Å². The number of para-hydroxylation sites is 1. The Bertz CT molecular complexity index is 905. The Morgan fingerprint density at radius 2 is 2.16 bits per heavy atom. The number of nitrogens with zero attached hydrogens (tertiary/aromatic N) is 2. The number of benzene rings is 1. The number of ether oxygens (including phenoxy) is 1. The molecule has 3 heterocycles. The van der Waals surface area contributed by atoms with Gasteiger partial charge in [0.1, 0.15) is 17.5 Å². The molecule has 1 aliphatic rings. The SMILES string of the molecule is Cc1cc(C(=O)NCC2Cc3cccc(-c4ccncc4)c3O2)n[nH]1. The fourth-order valence-corrected chi connectivity index (χ4v) is 3.04. The Balaban J connectivity index is 1.46. The van der Waals surface area contributed by atoms with Crippen LogP contribution in [0.15, 0.2) is 48.8 Å². The standard InChI is InChI=1S/C19H18N4O2/c1-12-9-17(23-22-12)19(24)21-11-15-10-14-3-2-4-16(18(14)25-15)13-5-7-20-8-6-13/h2-9,15H,10-11H2,1H3,(H,21,24)(H,22,23). The van der Waals surface area contributed by atoms with E-state index in [1.807, 2.05) is 31.2 Å². The Morgan fingerprint density at radius 3 is 2.92 bits per heavy atom. The Kier molecular flexibility index (Phi) is 3.93. The normalized spacial score (nSPS) is 15.5. The summed E-state index contributed by atoms with van der Waals surface area (Å²) in [6.07, 6.45) is 4.23. The van der Waals surface area contributed by atoms with Crippen LogP contribution >= 0.6 is 0 Å². The smallest absolute Gasteiger partial charge is 0.271 e. The lowest BCUT2D eigenvalue weighted by Gasteiger charge is -2.13. The van der Waals surface area contributed by atoms with Crippen LogP contribution in [0, 0.1) is 6.92 Å². The molecule has 2 N–H and O–H groups in total. The maximum atomic E-state index is 12.1. The zero-order valence-corrected chi connectivity index (χ0v) is 13.8. The lowest BCUT2D eigenvalue weighted by Crippen LogP contribution is -2.34. The fraction of sp³-hybridized carbons (Fsp3) is 0.211. The van der Waals surface area contributed by atoms with Gasteiger partial charge in [0.2, 0.25) is 0 Å². The zero-order chi connectivity index (χ0) is 17.2. The molecule has 1 aromatic carbocycles. The summed E-state index contributed by atoms with van der Waals surface area (Å²) in [5, 5.41) is 9.63. The molecule has 1 atom stereocenters. The molecule has 3 aromatic rings. The van der Waals surface area contributed by atoms with Crippen molar-refractivity contribution in [1.29, 1.82) is 0 Å². The minimum absolute atomic E-state index is 0.0815. The van der Waals surface area contributed by atoms with Gasteiger partial charge in [0.15, 0.2) is 0 Å². The van der Waals surface area contributed by atoms with E-state index in [-0.39, 0.29) is 12.0 Å². The molecule has 6 heteroatoms. The number of nitrogens with one attached hydrogen (secondary N) is 2. The van der Waals surface area contributed by atoms with Crippen molar-refractivity contribution in [3.8, 4) is 16.9 Å². The molecule has 0 radical (unpaired) electrons. The molecule has 25 heavy (non-hydrogen) atoms. The van der Waals surface area contributed by atoms with E-state index in [1.54, 1.807) is 18.5 Å². The average Bonchev–Trinajstić information content (AvgIpc) is 3.26. The molecule has 4 rings (SSSR count). The van der Waals surface area contributed by atoms with Crippen molar-refractivity contribution in [2.75, 3.05) is 6.54 Å². The van der Waals surface area contributed by atoms with E-state index in [1.165, 1.54) is 0 Å². The number of rotatable bonds is 4. The van der Waals surface area contributed by atoms with Crippen molar-refractivity contribution < 1.29 is 9.53 Å². The third kappa shape index (κ3) is 3.10. The fourth-order valence-electron chi connectivity index (χ4n) is 3.04. The second-order valence-corrected chi connectivity index (χ2v) is 6.12. The van der Waals surface area contributed by atoms with Crippen molar-refractivity contribution in [2.45, 2.75) is 19.4 Å². The molecule has 0 saturated carbocycles. The number of H-pyrrole nitrogens is 1. The van der Waals surface area contributed by atoms with E-state index in [9.17, 15) is 4.79 Å². The second kappa shape index (κ2) is 6.39. The van der Waals surface area contributed by atoms with Gasteiger partial charge in [-0.2, -0.15) is 5.10 Å². The van der Waals surface area contributed by atoms with Crippen LogP contribution in [0.3, 0.4) is 0 Å². The number of amides is 1. The summed E-state index contributed by atoms with van der Waals surface area (Å²) in [6.45, 7) is 2.30. The molecule has 1 amide bonds. The van der Waals surface area contributed by atoms with Gasteiger partial charge in [0, 0.05) is 30.1 Å². The third-order valence-electron chi connectivity index (χ3n) is 4.25. The van der Waals surface area contributed by atoms with Crippen LogP contribution < -0.4 is 10.1 Å². The van der Waals surface area contributed by atoms with E-state index in [0.29, 0.717) is 12.2 Å². The number of hydrogen-bond acceptors (Lipinski definition) is 4. The summed E-state index contributed by atoms with van der Waals surface area (Å²) in [7, 11) is 0. The quantitative estimate of drug-likeness (QED) is 0.768. The first-order valence-corrected chi connectivity index (χ1v) is 8.20. The summed E-state index contributed by atoms with van der Waals surface area (Å²) in [6, 6.07) is 11.8. The predicted molar refractivity (Wildman–Crippen MR) is 93.5 cm³/mol. The first kappa shape index (κ1) is 15.4. The van der Waals surface area contributed by atoms with Gasteiger partial charge in [-0.05, 0) is 36.2 Å². The van der Waals surface area contributed by atoms with Crippen molar-refractivity contribution >= 4 is 5.91 Å². The van der Waals surface area contributed by atoms with E-state index in [2.05, 4.69) is 26.6 Å². The molecule has 2 aromatic heterocycles. The number of fused-ring (bicyclic) bond motifs is 1. The topological polar surface area (TPSA) is 79.9 Å². The number of aromatic nitrogens is 3. The van der Waals surface area contributed by atoms with E-state index < -0.39 is 0 Å². The van der Waals surface area contributed by atoms with Gasteiger partial charge in [-0.3, -0.25) is 14.9 Å². The summed E-state index contributed by atoms with van der Waals surface area (Å²) < 4.78 is 6.12. The maximum absolute atomic E-state index is 12.1. The van der Waals surface area contributed by atoms with Crippen molar-refractivity contribution in [1.82, 2.24) is 20.5 Å². The first-order valence-electron chi connectivity index (χ1n) is 8.20. The van der Waals surface area contributed by atoms with Gasteiger partial charge in [-0.1, -0.05) is 18.2 Å². The monoisotopic (exact) mass is 334 g/mol. The molecule has 1 unspecified atom stereocenters. The van der Waals surface area contributed by atoms with Crippen molar-refractivity contribution in [2.24, 2.45) is 0 Å². The molecule has 0 aliphatic carbocycles. The highest BCUT2D eigenvalue weighted by molar-refractivity contribution is 5.92. The minimum Gasteiger partial charge on any atom is -0.487 e. The van der Waals surface area contributed by atoms with Gasteiger partial charge in [0.25, 0.3) is 5.91 Å². The van der Waals surface area contributed by atoms with Gasteiger partial charge in [-0.15, -0.1) is 0 Å². The van der Waals surface area contributed by atoms with Crippen LogP contribution in [-0.2, 0) is 6.42 Å². The zero-order valence-electron chi connectivity index (χ0n) is 13.8. The molecule has 6 nitrogen and oxygen atoms in total. The van der Waals surface area contributed by atoms with Crippen LogP contribution in [0.2, 0.25) is 0 Å². The van der Waals surface area contributed by atoms with Gasteiger partial charge in [0.05, 0.1) is 6.54 Å². The number of aryl methyl sites for hydroxylation is 1. The minimum atomic E-state index is -0.196. The number of hydrogen-bond donors (Lipinski definition) is 2. The van der Waals surface area contributed by atoms with E-state index >= 15 is 0 Å². The number of aromatic amines is 1. The molecule has 0 bridgehead atoms. The third-order valence-corrected chi connectivity index (χ3v) is 4.25. The Hall–Kier alpha value is -3.15. The van der Waals surface area contributed by atoms with Crippen LogP contribution in [0.25, 0.3) is 11.1 Å². The van der Waals surface area contributed by atoms with Gasteiger partial charge in [-0.25, -0.2) is 0 Å². The van der Waals surface area contributed by atoms with Crippen LogP contribution in [0.1, 0.15) is 21.7 Å². The highest BCUT2D eigenvalue weighted by Crippen LogP contribution is 2.38. The number of carbonyl (C=O) groups excluding carboxylic acids is 1. The summed E-state index contributed by atoms with van der Waals surface area (Å²) >= 11 is 0. The van der Waals surface area contributed by atoms with Crippen molar-refractivity contribution in [3.63, 3.8) is 0 Å². The Labute approximate surface area is 145 Å². The predicted octanol–water partition coefficient (Wildman–Crippen LogP) is 2.51. The van der Waals surface area contributed by atoms with Crippen LogP contribution in [0.5, 0.6) is 5.75 Å². The Morgan fingerprint density at radius 1 is 1.32 bits per heavy atom. The van der Waals surface area contributed by atoms with Gasteiger partial charge < -0.3 is 10.1 Å². The molecular formula is C19H18N4O2. The highest BCUT2D eigenvalue weighted by Gasteiger charge is 2.26. The second-order valence-electron chi connectivity index (χ2n) is 6.12. The molecule has 0 spiro atoms. The molecule has 0 saturated heterocycles. The van der Waals surface area contributed by atoms with Gasteiger partial charge >= 0.3 is 0 Å². The maximum Gasteiger partial charge on any atom is 0.271 e. The molecular weight excluding hydrogens is 316 g/mol. The highest BCUT2D eigenvalue weighted by atomic mass is 16.5. The molecule has 126 valence electrons.